The maximum absolute atomic E-state index is 11.7. The predicted octanol–water partition coefficient (Wildman–Crippen LogP) is -14.0. The average Bonchev–Trinajstić information content (AvgIpc) is 3.32. The van der Waals surface area contributed by atoms with E-state index in [1.165, 1.54) is 9.80 Å². The molecule has 2 radical (unpaired) electrons. The van der Waals surface area contributed by atoms with Crippen LogP contribution in [0.15, 0.2) is 0 Å². The molecule has 2 heterocycles. The summed E-state index contributed by atoms with van der Waals surface area (Å²) in [5, 5.41) is 102. The molecular formula is C46H81Gd2N9O20. The number of aliphatic carboxylic acids is 6. The number of carbonyl (C=O) groups is 6. The number of hydrogen-bond donors (Lipinski definition) is 3. The average molecular weight is 1390 g/mol. The summed E-state index contributed by atoms with van der Waals surface area (Å²) in [7, 11) is 0. The van der Waals surface area contributed by atoms with Gasteiger partial charge in [-0.1, -0.05) is 0 Å². The number of carboxylic acids is 6. The van der Waals surface area contributed by atoms with E-state index in [1.807, 2.05) is 9.80 Å². The fourth-order valence-electron chi connectivity index (χ4n) is 8.37. The zero-order valence-electron chi connectivity index (χ0n) is 44.0. The van der Waals surface area contributed by atoms with E-state index in [1.54, 1.807) is 24.5 Å². The summed E-state index contributed by atoms with van der Waals surface area (Å²) in [6.07, 6.45) is -2.15. The number of aliphatic hydroxyl groups excluding tert-OH is 3. The molecule has 0 aromatic heterocycles. The Morgan fingerprint density at radius 2 is 0.545 bits per heavy atom. The van der Waals surface area contributed by atoms with Gasteiger partial charge in [0, 0.05) is 177 Å². The minimum atomic E-state index is -1.34. The molecule has 3 N–H and O–H groups in total. The minimum absolute atomic E-state index is 0. The Labute approximate surface area is 515 Å². The van der Waals surface area contributed by atoms with Crippen LogP contribution in [-0.4, -0.2) is 357 Å². The van der Waals surface area contributed by atoms with Crippen LogP contribution in [0.5, 0.6) is 0 Å². The van der Waals surface area contributed by atoms with Crippen LogP contribution in [0, 0.1) is 79.9 Å². The number of aliphatic hydroxyl groups is 3. The summed E-state index contributed by atoms with van der Waals surface area (Å²) in [4.78, 5) is 84.7. The Kier molecular flexibility index (Phi) is 46.6. The van der Waals surface area contributed by atoms with Crippen molar-refractivity contribution >= 4 is 35.8 Å². The Morgan fingerprint density at radius 1 is 0.351 bits per heavy atom. The first-order chi connectivity index (χ1) is 35.9. The topological polar surface area (TPSA) is 377 Å². The molecule has 2 aliphatic heterocycles. The van der Waals surface area contributed by atoms with Gasteiger partial charge in [-0.05, 0) is 0 Å². The van der Waals surface area contributed by atoms with Crippen LogP contribution in [0.4, 0.5) is 0 Å². The van der Waals surface area contributed by atoms with Gasteiger partial charge in [0.05, 0.1) is 121 Å². The van der Waals surface area contributed by atoms with E-state index in [4.69, 9.17) is 28.8 Å². The van der Waals surface area contributed by atoms with Crippen molar-refractivity contribution < 1.29 is 178 Å². The molecule has 77 heavy (non-hydrogen) atoms. The smallest absolute Gasteiger partial charge is 0.549 e. The molecule has 0 bridgehead atoms. The maximum atomic E-state index is 11.7. The van der Waals surface area contributed by atoms with Gasteiger partial charge in [-0.25, -0.2) is 0 Å². The second kappa shape index (κ2) is 47.3. The van der Waals surface area contributed by atoms with Crippen molar-refractivity contribution in [2.75, 3.05) is 249 Å². The van der Waals surface area contributed by atoms with Gasteiger partial charge >= 0.3 is 79.9 Å². The molecule has 0 amide bonds. The molecule has 0 saturated carbocycles. The Morgan fingerprint density at radius 3 is 0.753 bits per heavy atom. The molecule has 31 heteroatoms. The molecule has 2 aliphatic rings. The van der Waals surface area contributed by atoms with Gasteiger partial charge in [0.2, 0.25) is 0 Å². The molecule has 2 atom stereocenters. The second-order valence-corrected chi connectivity index (χ2v) is 18.3. The van der Waals surface area contributed by atoms with Gasteiger partial charge in [-0.15, -0.1) is 0 Å². The Hall–Kier alpha value is -1.21. The summed E-state index contributed by atoms with van der Waals surface area (Å²) in [6, 6.07) is 0. The quantitative estimate of drug-likeness (QED) is 0.0486. The molecule has 446 valence electrons. The van der Waals surface area contributed by atoms with Crippen LogP contribution in [0.25, 0.3) is 0 Å². The third-order valence-corrected chi connectivity index (χ3v) is 12.1. The van der Waals surface area contributed by atoms with E-state index in [2.05, 4.69) is 0 Å². The van der Waals surface area contributed by atoms with Crippen LogP contribution in [0.2, 0.25) is 0 Å². The number of carbonyl (C=O) groups excluding carboxylic acids is 6. The molecule has 2 unspecified atom stereocenters. The third-order valence-electron chi connectivity index (χ3n) is 12.1. The van der Waals surface area contributed by atoms with Gasteiger partial charge in [0.15, 0.2) is 0 Å². The van der Waals surface area contributed by atoms with Crippen LogP contribution in [0.1, 0.15) is 0 Å². The normalized spacial score (nSPS) is 18.4. The first kappa shape index (κ1) is 75.8. The summed E-state index contributed by atoms with van der Waals surface area (Å²) in [6.45, 7) is 3.30. The molecule has 2 fully saturated rings. The van der Waals surface area contributed by atoms with Crippen molar-refractivity contribution in [2.24, 2.45) is 0 Å². The first-order valence-corrected chi connectivity index (χ1v) is 25.5. The molecular weight excluding hydrogens is 1310 g/mol. The van der Waals surface area contributed by atoms with E-state index in [-0.39, 0.29) is 250 Å². The monoisotopic (exact) mass is 1400 g/mol. The fourth-order valence-corrected chi connectivity index (χ4v) is 8.37. The minimum Gasteiger partial charge on any atom is -0.549 e. The van der Waals surface area contributed by atoms with Crippen molar-refractivity contribution in [2.45, 2.75) is 12.2 Å². The van der Waals surface area contributed by atoms with Crippen molar-refractivity contribution in [3.05, 3.63) is 0 Å². The number of hydrogen-bond acceptors (Lipinski definition) is 29. The van der Waals surface area contributed by atoms with E-state index in [0.29, 0.717) is 39.6 Å². The summed E-state index contributed by atoms with van der Waals surface area (Å²) < 4.78 is 27.5. The van der Waals surface area contributed by atoms with Crippen molar-refractivity contribution in [3.8, 4) is 0 Å². The number of carboxylic acid groups (broad SMARTS) is 6. The van der Waals surface area contributed by atoms with Crippen LogP contribution in [0.3, 0.4) is 0 Å². The van der Waals surface area contributed by atoms with Gasteiger partial charge in [0.25, 0.3) is 0 Å². The molecule has 0 aliphatic carbocycles. The maximum Gasteiger partial charge on any atom is 3.00 e. The standard InChI is InChI=1S/C46H87N9O20.2Gd/c56-18-20-72-22-24-74-26-28-75-27-25-73-23-21-71-19-17-55(31-39(57)29-47-1-5-49(33-41(59)60)9-13-53(37-45(67)68)14-10-50(6-2-47)34-42(61)62)32-40(58)30-48-3-7-51(35-43(63)64)11-15-54(38-46(69)70)16-12-52(8-4-48)36-44(65)66;;/h39-40,56-58H,1-38H2,(H,59,60)(H,61,62)(H,63,64)(H,65,66)(H,67,68)(H,69,70);;/q;2*+3/p-6. The van der Waals surface area contributed by atoms with Crippen molar-refractivity contribution in [1.82, 2.24) is 44.1 Å². The fraction of sp³-hybridized carbons (Fsp3) is 0.870. The number of β-amino-alcohol motifs (C(OH)–C–C–N with tert-alkyl or cyclic N) is 2. The molecule has 0 spiro atoms. The SMILES string of the molecule is O=C([O-])CN1CCN(CC(=O)[O-])CCN(CC(O)CN(CCOCCOCCOCCOCCOCCO)CC(O)CN2CCN(CC(=O)[O-])CCN(CC(=O)[O-])CCN(CC(=O)[O-])CC2)CCN(CC(=O)[O-])CC1.[Gd+3].[Gd+3]. The van der Waals surface area contributed by atoms with Gasteiger partial charge in [-0.2, -0.15) is 0 Å². The van der Waals surface area contributed by atoms with Crippen molar-refractivity contribution in [1.29, 1.82) is 0 Å². The van der Waals surface area contributed by atoms with Crippen LogP contribution < -0.4 is 30.6 Å². The zero-order chi connectivity index (χ0) is 55.2. The Balaban J connectivity index is 0.0000289. The summed E-state index contributed by atoms with van der Waals surface area (Å²) >= 11 is 0. The Bertz CT molecular complexity index is 1450. The number of rotatable bonds is 37. The summed E-state index contributed by atoms with van der Waals surface area (Å²) in [5.41, 5.74) is 0. The largest absolute Gasteiger partial charge is 3.00 e. The number of ether oxygens (including phenoxy) is 5. The van der Waals surface area contributed by atoms with Crippen LogP contribution in [-0.2, 0) is 52.5 Å². The van der Waals surface area contributed by atoms with Crippen molar-refractivity contribution in [3.63, 3.8) is 0 Å². The van der Waals surface area contributed by atoms with Gasteiger partial charge < -0.3 is 98.4 Å². The van der Waals surface area contributed by atoms with E-state index in [9.17, 15) is 69.6 Å². The molecule has 0 aromatic carbocycles. The molecule has 29 nitrogen and oxygen atoms in total. The van der Waals surface area contributed by atoms with Gasteiger partial charge in [0.1, 0.15) is 0 Å². The summed E-state index contributed by atoms with van der Waals surface area (Å²) in [5.74, 6) is -8.05. The second-order valence-electron chi connectivity index (χ2n) is 18.3. The first-order valence-electron chi connectivity index (χ1n) is 25.5. The van der Waals surface area contributed by atoms with Crippen LogP contribution >= 0.6 is 0 Å². The van der Waals surface area contributed by atoms with E-state index < -0.39 is 87.3 Å². The zero-order valence-corrected chi connectivity index (χ0v) is 48.6. The molecule has 0 aromatic rings. The van der Waals surface area contributed by atoms with E-state index in [0.717, 1.165) is 0 Å². The molecule has 2 saturated heterocycles. The number of nitrogens with zero attached hydrogens (tertiary/aromatic N) is 9. The van der Waals surface area contributed by atoms with Gasteiger partial charge in [-0.3, -0.25) is 44.1 Å². The third kappa shape index (κ3) is 42.3. The predicted molar refractivity (Wildman–Crippen MR) is 251 cm³/mol. The van der Waals surface area contributed by atoms with E-state index >= 15 is 0 Å². The molecule has 2 rings (SSSR count).